The van der Waals surface area contributed by atoms with Crippen molar-refractivity contribution in [2.75, 3.05) is 6.61 Å². The van der Waals surface area contributed by atoms with Crippen LogP contribution >= 0.6 is 38.9 Å². The van der Waals surface area contributed by atoms with Gasteiger partial charge in [0.15, 0.2) is 0 Å². The molecule has 0 fully saturated rings. The highest BCUT2D eigenvalue weighted by Crippen LogP contribution is 2.29. The lowest BCUT2D eigenvalue weighted by Crippen LogP contribution is -1.99. The average Bonchev–Trinajstić information content (AvgIpc) is 2.88. The van der Waals surface area contributed by atoms with E-state index in [0.29, 0.717) is 19.1 Å². The van der Waals surface area contributed by atoms with Gasteiger partial charge >= 0.3 is 0 Å². The number of rotatable bonds is 7. The Morgan fingerprint density at radius 2 is 2.05 bits per heavy atom. The maximum Gasteiger partial charge on any atom is 0.127 e. The van der Waals surface area contributed by atoms with Crippen molar-refractivity contribution in [2.45, 2.75) is 25.8 Å². The molecule has 0 aliphatic heterocycles. The standard InChI is InChI=1S/C15H16BrClO2S/c1-2-7-18-12-4-3-11(9-17)14(8-12)19-10-13-5-6-15(16)20-13/h3-6,8H,2,7,9-10H2,1H3. The van der Waals surface area contributed by atoms with Gasteiger partial charge in [-0.05, 0) is 40.5 Å². The van der Waals surface area contributed by atoms with Crippen molar-refractivity contribution >= 4 is 38.9 Å². The Balaban J connectivity index is 2.07. The SMILES string of the molecule is CCCOc1ccc(CCl)c(OCc2ccc(Br)s2)c1. The van der Waals surface area contributed by atoms with Gasteiger partial charge in [-0.1, -0.05) is 13.0 Å². The van der Waals surface area contributed by atoms with Gasteiger partial charge in [-0.25, -0.2) is 0 Å². The van der Waals surface area contributed by atoms with Gasteiger partial charge in [-0.2, -0.15) is 0 Å². The molecule has 0 N–H and O–H groups in total. The molecule has 0 saturated heterocycles. The third-order valence-electron chi connectivity index (χ3n) is 2.65. The molecule has 2 nitrogen and oxygen atoms in total. The molecule has 0 bridgehead atoms. The minimum atomic E-state index is 0.428. The highest BCUT2D eigenvalue weighted by molar-refractivity contribution is 9.11. The van der Waals surface area contributed by atoms with Crippen LogP contribution in [-0.4, -0.2) is 6.61 Å². The van der Waals surface area contributed by atoms with E-state index < -0.39 is 0 Å². The Labute approximate surface area is 136 Å². The molecule has 0 aliphatic carbocycles. The van der Waals surface area contributed by atoms with Gasteiger partial charge in [0, 0.05) is 16.5 Å². The number of hydrogen-bond acceptors (Lipinski definition) is 3. The Bertz CT molecular complexity index is 557. The van der Waals surface area contributed by atoms with Crippen LogP contribution in [0, 0.1) is 0 Å². The van der Waals surface area contributed by atoms with Crippen molar-refractivity contribution in [2.24, 2.45) is 0 Å². The smallest absolute Gasteiger partial charge is 0.127 e. The van der Waals surface area contributed by atoms with E-state index in [4.69, 9.17) is 21.1 Å². The number of alkyl halides is 1. The molecule has 20 heavy (non-hydrogen) atoms. The first-order valence-electron chi connectivity index (χ1n) is 6.41. The molecule has 1 heterocycles. The number of ether oxygens (including phenoxy) is 2. The fourth-order valence-electron chi connectivity index (χ4n) is 1.67. The first-order chi connectivity index (χ1) is 9.72. The van der Waals surface area contributed by atoms with Gasteiger partial charge < -0.3 is 9.47 Å². The molecule has 0 spiro atoms. The monoisotopic (exact) mass is 374 g/mol. The third kappa shape index (κ3) is 4.40. The topological polar surface area (TPSA) is 18.5 Å². The zero-order valence-corrected chi connectivity index (χ0v) is 14.4. The van der Waals surface area contributed by atoms with Crippen LogP contribution in [-0.2, 0) is 12.5 Å². The van der Waals surface area contributed by atoms with Gasteiger partial charge in [0.05, 0.1) is 16.3 Å². The van der Waals surface area contributed by atoms with Crippen molar-refractivity contribution in [3.05, 3.63) is 44.6 Å². The number of thiophene rings is 1. The van der Waals surface area contributed by atoms with E-state index in [2.05, 4.69) is 22.9 Å². The molecule has 5 heteroatoms. The predicted molar refractivity (Wildman–Crippen MR) is 88.1 cm³/mol. The first kappa shape index (κ1) is 15.7. The second-order valence-electron chi connectivity index (χ2n) is 4.25. The van der Waals surface area contributed by atoms with Gasteiger partial charge in [0.1, 0.15) is 18.1 Å². The fraction of sp³-hybridized carbons (Fsp3) is 0.333. The lowest BCUT2D eigenvalue weighted by atomic mass is 10.2. The maximum atomic E-state index is 5.95. The van der Waals surface area contributed by atoms with Crippen LogP contribution in [0.25, 0.3) is 0 Å². The van der Waals surface area contributed by atoms with Crippen molar-refractivity contribution in [3.8, 4) is 11.5 Å². The maximum absolute atomic E-state index is 5.95. The highest BCUT2D eigenvalue weighted by atomic mass is 79.9. The molecular weight excluding hydrogens is 360 g/mol. The van der Waals surface area contributed by atoms with Crippen molar-refractivity contribution in [3.63, 3.8) is 0 Å². The largest absolute Gasteiger partial charge is 0.493 e. The normalized spacial score (nSPS) is 10.6. The molecule has 0 atom stereocenters. The summed E-state index contributed by atoms with van der Waals surface area (Å²) in [5.41, 5.74) is 0.978. The summed E-state index contributed by atoms with van der Waals surface area (Å²) in [6, 6.07) is 9.87. The van der Waals surface area contributed by atoms with E-state index in [0.717, 1.165) is 32.1 Å². The molecule has 1 aromatic heterocycles. The zero-order chi connectivity index (χ0) is 14.4. The molecule has 1 aromatic carbocycles. The van der Waals surface area contributed by atoms with Crippen molar-refractivity contribution in [1.82, 2.24) is 0 Å². The molecule has 2 aromatic rings. The predicted octanol–water partition coefficient (Wildman–Crippen LogP) is 5.62. The second kappa shape index (κ2) is 7.91. The Kier molecular flexibility index (Phi) is 6.20. The quantitative estimate of drug-likeness (QED) is 0.585. The van der Waals surface area contributed by atoms with Crippen molar-refractivity contribution < 1.29 is 9.47 Å². The van der Waals surface area contributed by atoms with Crippen LogP contribution in [0.5, 0.6) is 11.5 Å². The summed E-state index contributed by atoms with van der Waals surface area (Å²) in [4.78, 5) is 1.16. The van der Waals surface area contributed by atoms with Gasteiger partial charge in [-0.3, -0.25) is 0 Å². The molecular formula is C15H16BrClO2S. The molecule has 0 radical (unpaired) electrons. The fourth-order valence-corrected chi connectivity index (χ4v) is 3.28. The Morgan fingerprint density at radius 3 is 2.70 bits per heavy atom. The Morgan fingerprint density at radius 1 is 1.20 bits per heavy atom. The van der Waals surface area contributed by atoms with Crippen LogP contribution in [0.15, 0.2) is 34.1 Å². The van der Waals surface area contributed by atoms with Crippen molar-refractivity contribution in [1.29, 1.82) is 0 Å². The molecule has 0 unspecified atom stereocenters. The first-order valence-corrected chi connectivity index (χ1v) is 8.56. The average molecular weight is 376 g/mol. The van der Waals surface area contributed by atoms with E-state index in [1.54, 1.807) is 11.3 Å². The summed E-state index contributed by atoms with van der Waals surface area (Å²) in [6.45, 7) is 3.33. The number of hydrogen-bond donors (Lipinski definition) is 0. The summed E-state index contributed by atoms with van der Waals surface area (Å²) in [6.07, 6.45) is 0.983. The molecule has 0 saturated carbocycles. The lowest BCUT2D eigenvalue weighted by molar-refractivity contribution is 0.295. The summed E-state index contributed by atoms with van der Waals surface area (Å²) < 4.78 is 12.6. The van der Waals surface area contributed by atoms with Crippen LogP contribution < -0.4 is 9.47 Å². The summed E-state index contributed by atoms with van der Waals surface area (Å²) in [7, 11) is 0. The second-order valence-corrected chi connectivity index (χ2v) is 7.06. The van der Waals surface area contributed by atoms with E-state index >= 15 is 0 Å². The lowest BCUT2D eigenvalue weighted by Gasteiger charge is -2.12. The van der Waals surface area contributed by atoms with Gasteiger partial charge in [-0.15, -0.1) is 22.9 Å². The highest BCUT2D eigenvalue weighted by Gasteiger charge is 2.07. The third-order valence-corrected chi connectivity index (χ3v) is 4.54. The van der Waals surface area contributed by atoms with E-state index in [1.807, 2.05) is 30.3 Å². The van der Waals surface area contributed by atoms with E-state index in [1.165, 1.54) is 0 Å². The zero-order valence-electron chi connectivity index (χ0n) is 11.2. The van der Waals surface area contributed by atoms with Crippen LogP contribution in [0.1, 0.15) is 23.8 Å². The van der Waals surface area contributed by atoms with Gasteiger partial charge in [0.2, 0.25) is 0 Å². The summed E-state index contributed by atoms with van der Waals surface area (Å²) in [5, 5.41) is 0. The molecule has 108 valence electrons. The molecule has 2 rings (SSSR count). The number of benzene rings is 1. The van der Waals surface area contributed by atoms with E-state index in [-0.39, 0.29) is 0 Å². The van der Waals surface area contributed by atoms with Crippen LogP contribution in [0.4, 0.5) is 0 Å². The molecule has 0 aliphatic rings. The van der Waals surface area contributed by atoms with Gasteiger partial charge in [0.25, 0.3) is 0 Å². The Hall–Kier alpha value is -0.710. The van der Waals surface area contributed by atoms with E-state index in [9.17, 15) is 0 Å². The minimum Gasteiger partial charge on any atom is -0.493 e. The minimum absolute atomic E-state index is 0.428. The summed E-state index contributed by atoms with van der Waals surface area (Å²) in [5.74, 6) is 2.04. The summed E-state index contributed by atoms with van der Waals surface area (Å²) >= 11 is 11.1. The van der Waals surface area contributed by atoms with Crippen LogP contribution in [0.3, 0.4) is 0 Å². The molecule has 0 amide bonds. The number of halogens is 2. The van der Waals surface area contributed by atoms with Crippen LogP contribution in [0.2, 0.25) is 0 Å².